The molecule has 5 heteroatoms. The Morgan fingerprint density at radius 2 is 0.846 bits per heavy atom. The topological polar surface area (TPSA) is 68.3 Å². The maximum Gasteiger partial charge on any atom is 0.178 e. The number of hydrogen-bond donors (Lipinski definition) is 0. The molecule has 4 nitrogen and oxygen atoms in total. The second-order valence-electron chi connectivity index (χ2n) is 10.5. The highest BCUT2D eigenvalue weighted by Gasteiger charge is 2.26. The first-order chi connectivity index (χ1) is 18.4. The van der Waals surface area contributed by atoms with Crippen molar-refractivity contribution < 1.29 is 18.0 Å². The van der Waals surface area contributed by atoms with Crippen LogP contribution >= 0.6 is 0 Å². The van der Waals surface area contributed by atoms with Crippen LogP contribution in [0.15, 0.2) is 72.8 Å². The van der Waals surface area contributed by atoms with Gasteiger partial charge in [0.15, 0.2) is 21.4 Å². The molecule has 0 saturated carbocycles. The van der Waals surface area contributed by atoms with Crippen molar-refractivity contribution in [1.29, 1.82) is 0 Å². The van der Waals surface area contributed by atoms with Crippen molar-refractivity contribution in [3.63, 3.8) is 0 Å². The summed E-state index contributed by atoms with van der Waals surface area (Å²) in [6, 6.07) is 22.4. The molecule has 4 aromatic carbocycles. The summed E-state index contributed by atoms with van der Waals surface area (Å²) in [5, 5.41) is 0. The van der Waals surface area contributed by atoms with E-state index in [1.54, 1.807) is 24.3 Å². The van der Waals surface area contributed by atoms with Gasteiger partial charge >= 0.3 is 0 Å². The van der Waals surface area contributed by atoms with E-state index in [1.807, 2.05) is 90.1 Å². The van der Waals surface area contributed by atoms with Gasteiger partial charge in [0.2, 0.25) is 0 Å². The van der Waals surface area contributed by atoms with Crippen LogP contribution in [0, 0.1) is 41.5 Å². The van der Waals surface area contributed by atoms with Crippen molar-refractivity contribution >= 4 is 21.4 Å². The zero-order valence-electron chi connectivity index (χ0n) is 23.4. The van der Waals surface area contributed by atoms with E-state index < -0.39 is 32.9 Å². The van der Waals surface area contributed by atoms with E-state index in [0.717, 1.165) is 44.5 Å². The number of benzene rings is 4. The Balaban J connectivity index is 1.63. The van der Waals surface area contributed by atoms with Crippen molar-refractivity contribution in [3.8, 4) is 22.3 Å². The van der Waals surface area contributed by atoms with Crippen molar-refractivity contribution in [1.82, 2.24) is 0 Å². The molecular weight excluding hydrogens is 504 g/mol. The third-order valence-corrected chi connectivity index (χ3v) is 8.45. The molecule has 0 N–H and O–H groups in total. The number of rotatable bonds is 8. The number of hydrogen-bond acceptors (Lipinski definition) is 4. The largest absolute Gasteiger partial charge is 0.293 e. The zero-order chi connectivity index (χ0) is 28.5. The van der Waals surface area contributed by atoms with Gasteiger partial charge in [-0.1, -0.05) is 83.9 Å². The summed E-state index contributed by atoms with van der Waals surface area (Å²) in [5.41, 5.74) is 10.3. The summed E-state index contributed by atoms with van der Waals surface area (Å²) in [4.78, 5) is 26.8. The van der Waals surface area contributed by atoms with E-state index in [1.165, 1.54) is 0 Å². The smallest absolute Gasteiger partial charge is 0.178 e. The molecule has 0 aliphatic heterocycles. The summed E-state index contributed by atoms with van der Waals surface area (Å²) in [5.74, 6) is -2.50. The quantitative estimate of drug-likeness (QED) is 0.220. The molecule has 0 aromatic heterocycles. The van der Waals surface area contributed by atoms with Gasteiger partial charge in [-0.05, 0) is 86.1 Å². The monoisotopic (exact) mass is 538 g/mol. The zero-order valence-corrected chi connectivity index (χ0v) is 24.2. The molecule has 0 atom stereocenters. The second-order valence-corrected chi connectivity index (χ2v) is 12.6. The maximum absolute atomic E-state index is 13.4. The second kappa shape index (κ2) is 11.1. The molecule has 4 aromatic rings. The summed E-state index contributed by atoms with van der Waals surface area (Å²) < 4.78 is 26.4. The fraction of sp³-hybridized carbons (Fsp3) is 0.235. The van der Waals surface area contributed by atoms with Crippen LogP contribution in [0.3, 0.4) is 0 Å². The molecule has 39 heavy (non-hydrogen) atoms. The number of carbonyl (C=O) groups is 2. The highest BCUT2D eigenvalue weighted by Crippen LogP contribution is 2.33. The lowest BCUT2D eigenvalue weighted by Gasteiger charge is -2.16. The minimum Gasteiger partial charge on any atom is -0.293 e. The lowest BCUT2D eigenvalue weighted by Crippen LogP contribution is -2.24. The third-order valence-electron chi connectivity index (χ3n) is 7.05. The van der Waals surface area contributed by atoms with Gasteiger partial charge in [0.1, 0.15) is 11.5 Å². The fourth-order valence-corrected chi connectivity index (χ4v) is 6.92. The average molecular weight is 539 g/mol. The van der Waals surface area contributed by atoms with E-state index in [2.05, 4.69) is 0 Å². The Bertz CT molecular complexity index is 1540. The van der Waals surface area contributed by atoms with E-state index in [0.29, 0.717) is 22.3 Å². The van der Waals surface area contributed by atoms with Gasteiger partial charge in [-0.3, -0.25) is 9.59 Å². The Labute approximate surface area is 231 Å². The summed E-state index contributed by atoms with van der Waals surface area (Å²) in [6.45, 7) is 12.0. The molecule has 0 amide bonds. The molecular formula is C34H34O4S. The van der Waals surface area contributed by atoms with Crippen LogP contribution in [-0.2, 0) is 9.84 Å². The Morgan fingerprint density at radius 3 is 1.18 bits per heavy atom. The van der Waals surface area contributed by atoms with Crippen molar-refractivity contribution in [3.05, 3.63) is 117 Å². The summed E-state index contributed by atoms with van der Waals surface area (Å²) in [7, 11) is -4.03. The van der Waals surface area contributed by atoms with E-state index in [-0.39, 0.29) is 0 Å². The maximum atomic E-state index is 13.4. The molecule has 0 unspecified atom stereocenters. The molecule has 0 radical (unpaired) electrons. The average Bonchev–Trinajstić information content (AvgIpc) is 2.82. The molecule has 4 rings (SSSR count). The molecule has 0 heterocycles. The number of sulfone groups is 1. The van der Waals surface area contributed by atoms with Gasteiger partial charge in [-0.25, -0.2) is 8.42 Å². The van der Waals surface area contributed by atoms with E-state index in [4.69, 9.17) is 0 Å². The molecule has 0 aliphatic rings. The van der Waals surface area contributed by atoms with Crippen molar-refractivity contribution in [2.24, 2.45) is 0 Å². The standard InChI is InChI=1S/C34H34O4S/c1-21-15-23(3)33(24(4)16-21)29-13-9-7-11-27(29)31(35)19-39(37,38)20-32(36)28-12-8-10-14-30(28)34-25(5)17-22(2)18-26(34)6/h7-18H,19-20H2,1-6H3. The molecule has 0 bridgehead atoms. The molecule has 0 fully saturated rings. The Morgan fingerprint density at radius 1 is 0.538 bits per heavy atom. The van der Waals surface area contributed by atoms with E-state index in [9.17, 15) is 18.0 Å². The van der Waals surface area contributed by atoms with Gasteiger partial charge in [-0.15, -0.1) is 0 Å². The predicted octanol–water partition coefficient (Wildman–Crippen LogP) is 7.35. The van der Waals surface area contributed by atoms with Crippen molar-refractivity contribution in [2.45, 2.75) is 41.5 Å². The number of aryl methyl sites for hydroxylation is 6. The number of Topliss-reactive ketones (excluding diaryl/α,β-unsaturated/α-hetero) is 2. The van der Waals surface area contributed by atoms with Crippen LogP contribution < -0.4 is 0 Å². The van der Waals surface area contributed by atoms with Gasteiger partial charge in [-0.2, -0.15) is 0 Å². The Hall–Kier alpha value is -3.83. The van der Waals surface area contributed by atoms with Gasteiger partial charge < -0.3 is 0 Å². The first kappa shape index (κ1) is 28.2. The van der Waals surface area contributed by atoms with Crippen LogP contribution in [0.4, 0.5) is 0 Å². The molecule has 200 valence electrons. The number of carbonyl (C=O) groups excluding carboxylic acids is 2. The van der Waals surface area contributed by atoms with Crippen LogP contribution in [0.1, 0.15) is 54.1 Å². The van der Waals surface area contributed by atoms with E-state index >= 15 is 0 Å². The highest BCUT2D eigenvalue weighted by atomic mass is 32.2. The van der Waals surface area contributed by atoms with Crippen molar-refractivity contribution in [2.75, 3.05) is 11.5 Å². The predicted molar refractivity (Wildman–Crippen MR) is 159 cm³/mol. The molecule has 0 spiro atoms. The first-order valence-corrected chi connectivity index (χ1v) is 14.8. The minimum absolute atomic E-state index is 0.342. The van der Waals surface area contributed by atoms with Gasteiger partial charge in [0, 0.05) is 11.1 Å². The lowest BCUT2D eigenvalue weighted by atomic mass is 9.90. The summed E-state index contributed by atoms with van der Waals surface area (Å²) in [6.07, 6.45) is 0. The summed E-state index contributed by atoms with van der Waals surface area (Å²) >= 11 is 0. The van der Waals surface area contributed by atoms with Crippen LogP contribution in [-0.4, -0.2) is 31.5 Å². The third kappa shape index (κ3) is 6.10. The van der Waals surface area contributed by atoms with Crippen LogP contribution in [0.5, 0.6) is 0 Å². The first-order valence-electron chi connectivity index (χ1n) is 13.0. The van der Waals surface area contributed by atoms with Gasteiger partial charge in [0.05, 0.1) is 0 Å². The highest BCUT2D eigenvalue weighted by molar-refractivity contribution is 7.92. The number of ketones is 2. The van der Waals surface area contributed by atoms with Crippen LogP contribution in [0.25, 0.3) is 22.3 Å². The Kier molecular flexibility index (Phi) is 8.03. The minimum atomic E-state index is -4.03. The molecule has 0 aliphatic carbocycles. The fourth-order valence-electron chi connectivity index (χ4n) is 5.70. The molecule has 0 saturated heterocycles. The van der Waals surface area contributed by atoms with Gasteiger partial charge in [0.25, 0.3) is 0 Å². The van der Waals surface area contributed by atoms with Crippen LogP contribution in [0.2, 0.25) is 0 Å². The lowest BCUT2D eigenvalue weighted by molar-refractivity contribution is 0.102. The SMILES string of the molecule is Cc1cc(C)c(-c2ccccc2C(=O)CS(=O)(=O)CC(=O)c2ccccc2-c2c(C)cc(C)cc2C)c(C)c1. The normalized spacial score (nSPS) is 11.4.